The van der Waals surface area contributed by atoms with Crippen molar-refractivity contribution in [3.05, 3.63) is 69.1 Å². The first-order valence-electron chi connectivity index (χ1n) is 9.12. The lowest BCUT2D eigenvalue weighted by Gasteiger charge is -2.14. The fourth-order valence-electron chi connectivity index (χ4n) is 3.43. The van der Waals surface area contributed by atoms with Crippen molar-refractivity contribution in [1.29, 1.82) is 0 Å². The Bertz CT molecular complexity index is 1430. The van der Waals surface area contributed by atoms with Crippen LogP contribution in [-0.4, -0.2) is 34.4 Å². The van der Waals surface area contributed by atoms with E-state index in [0.717, 1.165) is 11.1 Å². The number of aromatic nitrogens is 4. The van der Waals surface area contributed by atoms with Gasteiger partial charge in [-0.15, -0.1) is 0 Å². The van der Waals surface area contributed by atoms with Crippen LogP contribution in [0.2, 0.25) is 5.02 Å². The zero-order chi connectivity index (χ0) is 21.6. The lowest BCUT2D eigenvalue weighted by molar-refractivity contribution is 0.601. The van der Waals surface area contributed by atoms with Gasteiger partial charge < -0.3 is 4.98 Å². The zero-order valence-electron chi connectivity index (χ0n) is 16.6. The maximum absolute atomic E-state index is 12.4. The largest absolute Gasteiger partial charge is 0.346 e. The minimum atomic E-state index is -3.24. The number of pyridine rings is 2. The first-order chi connectivity index (χ1) is 14.1. The zero-order valence-corrected chi connectivity index (χ0v) is 18.2. The summed E-state index contributed by atoms with van der Waals surface area (Å²) < 4.78 is 25.2. The van der Waals surface area contributed by atoms with Gasteiger partial charge in [-0.1, -0.05) is 17.7 Å². The minimum Gasteiger partial charge on any atom is -0.346 e. The van der Waals surface area contributed by atoms with Crippen LogP contribution in [0.15, 0.2) is 47.5 Å². The Labute approximate surface area is 178 Å². The molecule has 9 heteroatoms. The summed E-state index contributed by atoms with van der Waals surface area (Å²) in [6, 6.07) is 8.62. The summed E-state index contributed by atoms with van der Waals surface area (Å²) in [6.07, 6.45) is 4.54. The Morgan fingerprint density at radius 1 is 1.20 bits per heavy atom. The van der Waals surface area contributed by atoms with Gasteiger partial charge in [-0.2, -0.15) is 5.10 Å². The maximum atomic E-state index is 12.4. The third-order valence-electron chi connectivity index (χ3n) is 4.84. The number of H-pyrrole nitrogens is 1. The standard InChI is InChI=1S/C21H19ClN4O3S/c1-12-8-13(9-17(22)16(12)11-30(3,28)29)14-10-15-19(27)4-6-23-21(15)24-20(14)18-5-7-26(2)25-18/h4-10H,11H2,1-3H3,(H,23,24,27). The lowest BCUT2D eigenvalue weighted by Crippen LogP contribution is -2.05. The fraction of sp³-hybridized carbons (Fsp3) is 0.190. The summed E-state index contributed by atoms with van der Waals surface area (Å²) in [4.78, 5) is 20.1. The summed E-state index contributed by atoms with van der Waals surface area (Å²) in [5, 5.41) is 5.25. The quantitative estimate of drug-likeness (QED) is 0.521. The molecule has 0 radical (unpaired) electrons. The Hall–Kier alpha value is -2.97. The highest BCUT2D eigenvalue weighted by Gasteiger charge is 2.18. The van der Waals surface area contributed by atoms with Crippen molar-refractivity contribution in [3.8, 4) is 22.5 Å². The second kappa shape index (κ2) is 7.37. The lowest BCUT2D eigenvalue weighted by atomic mass is 9.97. The summed E-state index contributed by atoms with van der Waals surface area (Å²) in [5.41, 5.74) is 4.28. The smallest absolute Gasteiger partial charge is 0.191 e. The molecule has 0 amide bonds. The summed E-state index contributed by atoms with van der Waals surface area (Å²) in [7, 11) is -1.42. The number of fused-ring (bicyclic) bond motifs is 1. The highest BCUT2D eigenvalue weighted by Crippen LogP contribution is 2.35. The monoisotopic (exact) mass is 442 g/mol. The van der Waals surface area contributed by atoms with Crippen molar-refractivity contribution in [3.63, 3.8) is 0 Å². The number of sulfone groups is 1. The van der Waals surface area contributed by atoms with Gasteiger partial charge >= 0.3 is 0 Å². The molecule has 0 spiro atoms. The van der Waals surface area contributed by atoms with E-state index in [1.165, 1.54) is 12.3 Å². The molecule has 30 heavy (non-hydrogen) atoms. The molecular formula is C21H19ClN4O3S. The first kappa shape index (κ1) is 20.3. The van der Waals surface area contributed by atoms with Crippen molar-refractivity contribution in [2.45, 2.75) is 12.7 Å². The summed E-state index contributed by atoms with van der Waals surface area (Å²) >= 11 is 6.47. The van der Waals surface area contributed by atoms with Crippen LogP contribution in [0.25, 0.3) is 33.5 Å². The molecule has 1 aromatic carbocycles. The molecule has 3 heterocycles. The molecule has 154 valence electrons. The topological polar surface area (TPSA) is 97.7 Å². The van der Waals surface area contributed by atoms with Gasteiger partial charge in [-0.3, -0.25) is 9.48 Å². The number of aryl methyl sites for hydroxylation is 2. The molecule has 0 atom stereocenters. The summed E-state index contributed by atoms with van der Waals surface area (Å²) in [6.45, 7) is 1.82. The van der Waals surface area contributed by atoms with Crippen LogP contribution < -0.4 is 5.43 Å². The molecule has 0 aliphatic carbocycles. The number of benzene rings is 1. The van der Waals surface area contributed by atoms with Gasteiger partial charge in [0.05, 0.1) is 11.1 Å². The van der Waals surface area contributed by atoms with Crippen LogP contribution in [0.3, 0.4) is 0 Å². The molecule has 4 aromatic rings. The molecular weight excluding hydrogens is 424 g/mol. The third kappa shape index (κ3) is 3.88. The Morgan fingerprint density at radius 2 is 1.97 bits per heavy atom. The van der Waals surface area contributed by atoms with E-state index in [2.05, 4.69) is 15.1 Å². The molecule has 1 N–H and O–H groups in total. The predicted octanol–water partition coefficient (Wildman–Crippen LogP) is 3.50. The van der Waals surface area contributed by atoms with Crippen LogP contribution in [-0.2, 0) is 22.6 Å². The van der Waals surface area contributed by atoms with Crippen LogP contribution in [0, 0.1) is 6.92 Å². The molecule has 0 aliphatic rings. The molecule has 3 aromatic heterocycles. The van der Waals surface area contributed by atoms with E-state index < -0.39 is 9.84 Å². The fourth-order valence-corrected chi connectivity index (χ4v) is 4.75. The molecule has 0 aliphatic heterocycles. The normalized spacial score (nSPS) is 11.9. The Morgan fingerprint density at radius 3 is 2.60 bits per heavy atom. The SMILES string of the molecule is Cc1cc(-c2cc3c(=O)cc[nH]c3nc2-c2ccn(C)n2)cc(Cl)c1CS(C)(=O)=O. The van der Waals surface area contributed by atoms with E-state index in [9.17, 15) is 13.2 Å². The van der Waals surface area contributed by atoms with Crippen molar-refractivity contribution >= 4 is 32.5 Å². The van der Waals surface area contributed by atoms with E-state index >= 15 is 0 Å². The van der Waals surface area contributed by atoms with Crippen molar-refractivity contribution in [2.24, 2.45) is 7.05 Å². The molecule has 7 nitrogen and oxygen atoms in total. The number of hydrogen-bond donors (Lipinski definition) is 1. The van der Waals surface area contributed by atoms with Crippen LogP contribution in [0.1, 0.15) is 11.1 Å². The number of nitrogens with zero attached hydrogens (tertiary/aromatic N) is 3. The van der Waals surface area contributed by atoms with Crippen LogP contribution in [0.4, 0.5) is 0 Å². The van der Waals surface area contributed by atoms with E-state index in [1.807, 2.05) is 32.3 Å². The van der Waals surface area contributed by atoms with E-state index in [4.69, 9.17) is 11.6 Å². The molecule has 4 rings (SSSR count). The highest BCUT2D eigenvalue weighted by molar-refractivity contribution is 7.89. The number of nitrogens with one attached hydrogen (secondary N) is 1. The number of aromatic amines is 1. The summed E-state index contributed by atoms with van der Waals surface area (Å²) in [5.74, 6) is -0.138. The highest BCUT2D eigenvalue weighted by atomic mass is 35.5. The van der Waals surface area contributed by atoms with E-state index in [0.29, 0.717) is 38.6 Å². The van der Waals surface area contributed by atoms with Gasteiger partial charge in [-0.25, -0.2) is 13.4 Å². The van der Waals surface area contributed by atoms with Crippen molar-refractivity contribution in [2.75, 3.05) is 6.26 Å². The van der Waals surface area contributed by atoms with Gasteiger partial charge in [0, 0.05) is 42.3 Å². The minimum absolute atomic E-state index is 0.138. The number of rotatable bonds is 4. The Balaban J connectivity index is 2.00. The molecule has 0 saturated heterocycles. The second-order valence-electron chi connectivity index (χ2n) is 7.32. The average molecular weight is 443 g/mol. The molecule has 0 unspecified atom stereocenters. The second-order valence-corrected chi connectivity index (χ2v) is 9.87. The van der Waals surface area contributed by atoms with Gasteiger partial charge in [0.2, 0.25) is 0 Å². The predicted molar refractivity (Wildman–Crippen MR) is 118 cm³/mol. The van der Waals surface area contributed by atoms with Gasteiger partial charge in [0.1, 0.15) is 17.0 Å². The van der Waals surface area contributed by atoms with Crippen molar-refractivity contribution in [1.82, 2.24) is 19.7 Å². The van der Waals surface area contributed by atoms with E-state index in [-0.39, 0.29) is 11.2 Å². The maximum Gasteiger partial charge on any atom is 0.191 e. The first-order valence-corrected chi connectivity index (χ1v) is 11.6. The average Bonchev–Trinajstić information content (AvgIpc) is 3.09. The molecule has 0 bridgehead atoms. The van der Waals surface area contributed by atoms with E-state index in [1.54, 1.807) is 23.0 Å². The van der Waals surface area contributed by atoms with Gasteiger partial charge in [0.15, 0.2) is 15.3 Å². The molecule has 0 fully saturated rings. The number of halogens is 1. The van der Waals surface area contributed by atoms with Crippen molar-refractivity contribution < 1.29 is 8.42 Å². The van der Waals surface area contributed by atoms with Gasteiger partial charge in [-0.05, 0) is 41.8 Å². The van der Waals surface area contributed by atoms with Gasteiger partial charge in [0.25, 0.3) is 0 Å². The third-order valence-corrected chi connectivity index (χ3v) is 5.99. The van der Waals surface area contributed by atoms with Crippen LogP contribution >= 0.6 is 11.6 Å². The number of hydrogen-bond acceptors (Lipinski definition) is 5. The van der Waals surface area contributed by atoms with Crippen LogP contribution in [0.5, 0.6) is 0 Å². The Kier molecular flexibility index (Phi) is 4.99. The molecule has 0 saturated carbocycles.